The van der Waals surface area contributed by atoms with Gasteiger partial charge in [-0.05, 0) is 48.1 Å². The Kier molecular flexibility index (Phi) is 13.6. The second kappa shape index (κ2) is 17.1. The molecule has 0 saturated carbocycles. The quantitative estimate of drug-likeness (QED) is 0.101. The van der Waals surface area contributed by atoms with Crippen molar-refractivity contribution in [3.63, 3.8) is 0 Å². The smallest absolute Gasteiger partial charge is 0.356 e. The van der Waals surface area contributed by atoms with Crippen LogP contribution in [0.4, 0.5) is 0 Å². The van der Waals surface area contributed by atoms with Crippen molar-refractivity contribution >= 4 is 35.7 Å². The zero-order valence-corrected chi connectivity index (χ0v) is 23.7. The average Bonchev–Trinajstić information content (AvgIpc) is 2.96. The molecule has 2 amide bonds. The van der Waals surface area contributed by atoms with Crippen molar-refractivity contribution in [1.82, 2.24) is 10.6 Å². The minimum atomic E-state index is -2.07. The van der Waals surface area contributed by atoms with Crippen molar-refractivity contribution in [2.24, 2.45) is 5.92 Å². The number of nitrogens with one attached hydrogen (secondary N) is 2. The summed E-state index contributed by atoms with van der Waals surface area (Å²) >= 11 is 0. The van der Waals surface area contributed by atoms with Gasteiger partial charge in [0.2, 0.25) is 11.8 Å². The number of carboxylic acids is 4. The summed E-state index contributed by atoms with van der Waals surface area (Å²) in [6, 6.07) is 11.5. The highest BCUT2D eigenvalue weighted by atomic mass is 16.5. The highest BCUT2D eigenvalue weighted by Gasteiger charge is 2.28. The lowest BCUT2D eigenvalue weighted by Crippen LogP contribution is -2.48. The summed E-state index contributed by atoms with van der Waals surface area (Å²) in [7, 11) is 0. The maximum atomic E-state index is 12.9. The standard InChI is InChI=1S/C30H36N2O11/c1-2-3-4-15-31-26(34)23(17-20-9-12-21(13-10-20)43-25(29(39)40)30(41)42)32-24(33)14-11-18-5-7-19(8-6-18)16-22(27(35)36)28(37)38/h5-10,12-13,22-23,25H,2-4,11,14-17H2,1H3,(H,31,34)(H,32,33)(H,35,36)(H,37,38)(H,39,40)(H,41,42). The number of hydrogen-bond donors (Lipinski definition) is 6. The number of carbonyl (C=O) groups is 6. The molecule has 0 aliphatic carbocycles. The van der Waals surface area contributed by atoms with Gasteiger partial charge in [-0.15, -0.1) is 0 Å². The summed E-state index contributed by atoms with van der Waals surface area (Å²) in [5.74, 6) is -8.47. The first-order valence-corrected chi connectivity index (χ1v) is 13.7. The molecule has 2 rings (SSSR count). The lowest BCUT2D eigenvalue weighted by atomic mass is 9.98. The van der Waals surface area contributed by atoms with Crippen molar-refractivity contribution in [1.29, 1.82) is 0 Å². The van der Waals surface area contributed by atoms with E-state index in [4.69, 9.17) is 25.2 Å². The van der Waals surface area contributed by atoms with Gasteiger partial charge in [-0.2, -0.15) is 0 Å². The largest absolute Gasteiger partial charge is 0.481 e. The third-order valence-electron chi connectivity index (χ3n) is 6.50. The van der Waals surface area contributed by atoms with Gasteiger partial charge in [0.1, 0.15) is 11.8 Å². The monoisotopic (exact) mass is 600 g/mol. The molecule has 0 aliphatic heterocycles. The molecule has 1 unspecified atom stereocenters. The van der Waals surface area contributed by atoms with E-state index in [1.807, 2.05) is 6.92 Å². The van der Waals surface area contributed by atoms with Crippen LogP contribution in [-0.2, 0) is 48.0 Å². The van der Waals surface area contributed by atoms with Gasteiger partial charge in [0.15, 0.2) is 5.92 Å². The van der Waals surface area contributed by atoms with Gasteiger partial charge < -0.3 is 35.8 Å². The summed E-state index contributed by atoms with van der Waals surface area (Å²) in [5.41, 5.74) is 1.90. The number of carboxylic acid groups (broad SMARTS) is 4. The fraction of sp³-hybridized carbons (Fsp3) is 0.400. The molecule has 13 nitrogen and oxygen atoms in total. The third kappa shape index (κ3) is 11.8. The van der Waals surface area contributed by atoms with Crippen LogP contribution in [0.3, 0.4) is 0 Å². The van der Waals surface area contributed by atoms with E-state index in [1.54, 1.807) is 36.4 Å². The Hall–Kier alpha value is -4.94. The Morgan fingerprint density at radius 1 is 0.721 bits per heavy atom. The minimum Gasteiger partial charge on any atom is -0.481 e. The van der Waals surface area contributed by atoms with Crippen LogP contribution >= 0.6 is 0 Å². The molecule has 0 radical (unpaired) electrons. The van der Waals surface area contributed by atoms with Crippen molar-refractivity contribution in [3.05, 3.63) is 65.2 Å². The molecule has 0 saturated heterocycles. The number of aryl methyl sites for hydroxylation is 1. The molecule has 0 aliphatic rings. The molecule has 43 heavy (non-hydrogen) atoms. The van der Waals surface area contributed by atoms with Gasteiger partial charge in [-0.1, -0.05) is 56.2 Å². The number of unbranched alkanes of at least 4 members (excludes halogenated alkanes) is 2. The number of hydrogen-bond acceptors (Lipinski definition) is 7. The van der Waals surface area contributed by atoms with Crippen molar-refractivity contribution in [2.45, 2.75) is 64.0 Å². The zero-order valence-electron chi connectivity index (χ0n) is 23.7. The molecule has 2 aromatic carbocycles. The van der Waals surface area contributed by atoms with E-state index < -0.39 is 41.9 Å². The Labute approximate surface area is 247 Å². The van der Waals surface area contributed by atoms with E-state index in [-0.39, 0.29) is 36.8 Å². The predicted octanol–water partition coefficient (Wildman–Crippen LogP) is 1.90. The van der Waals surface area contributed by atoms with Crippen molar-refractivity contribution < 1.29 is 53.9 Å². The summed E-state index contributed by atoms with van der Waals surface area (Å²) < 4.78 is 5.01. The maximum absolute atomic E-state index is 12.9. The first kappa shape index (κ1) is 34.3. The van der Waals surface area contributed by atoms with Gasteiger partial charge in [0.05, 0.1) is 0 Å². The number of carbonyl (C=O) groups excluding carboxylic acids is 2. The summed E-state index contributed by atoms with van der Waals surface area (Å²) in [6.45, 7) is 2.47. The van der Waals surface area contributed by atoms with Gasteiger partial charge in [-0.3, -0.25) is 19.2 Å². The predicted molar refractivity (Wildman–Crippen MR) is 152 cm³/mol. The molecule has 0 fully saturated rings. The molecule has 232 valence electrons. The Bertz CT molecular complexity index is 1250. The van der Waals surface area contributed by atoms with E-state index >= 15 is 0 Å². The molecular weight excluding hydrogens is 564 g/mol. The number of benzene rings is 2. The topological polar surface area (TPSA) is 217 Å². The molecule has 0 bridgehead atoms. The Morgan fingerprint density at radius 2 is 1.26 bits per heavy atom. The van der Waals surface area contributed by atoms with Crippen LogP contribution in [0.5, 0.6) is 5.75 Å². The molecule has 0 spiro atoms. The highest BCUT2D eigenvalue weighted by molar-refractivity contribution is 5.96. The van der Waals surface area contributed by atoms with Crippen LogP contribution in [0.1, 0.15) is 49.3 Å². The molecular formula is C30H36N2O11. The molecule has 6 N–H and O–H groups in total. The van der Waals surface area contributed by atoms with Gasteiger partial charge in [0, 0.05) is 19.4 Å². The molecule has 1 atom stereocenters. The van der Waals surface area contributed by atoms with Crippen LogP contribution in [0.25, 0.3) is 0 Å². The van der Waals surface area contributed by atoms with Gasteiger partial charge in [-0.25, -0.2) is 9.59 Å². The first-order chi connectivity index (χ1) is 20.4. The van der Waals surface area contributed by atoms with E-state index in [0.29, 0.717) is 24.1 Å². The minimum absolute atomic E-state index is 0.00983. The van der Waals surface area contributed by atoms with Crippen LogP contribution in [0.15, 0.2) is 48.5 Å². The van der Waals surface area contributed by atoms with E-state index in [0.717, 1.165) is 24.8 Å². The van der Waals surface area contributed by atoms with Crippen LogP contribution in [-0.4, -0.2) is 74.8 Å². The summed E-state index contributed by atoms with van der Waals surface area (Å²) in [5, 5.41) is 41.7. The van der Waals surface area contributed by atoms with Crippen molar-refractivity contribution in [2.75, 3.05) is 6.54 Å². The normalized spacial score (nSPS) is 11.5. The van der Waals surface area contributed by atoms with Crippen LogP contribution in [0, 0.1) is 5.92 Å². The van der Waals surface area contributed by atoms with Crippen LogP contribution in [0.2, 0.25) is 0 Å². The van der Waals surface area contributed by atoms with Gasteiger partial charge in [0.25, 0.3) is 6.10 Å². The maximum Gasteiger partial charge on any atom is 0.356 e. The fourth-order valence-electron chi connectivity index (χ4n) is 4.08. The second-order valence-corrected chi connectivity index (χ2v) is 9.89. The van der Waals surface area contributed by atoms with E-state index in [2.05, 4.69) is 10.6 Å². The molecule has 13 heteroatoms. The lowest BCUT2D eigenvalue weighted by Gasteiger charge is -2.19. The van der Waals surface area contributed by atoms with Crippen LogP contribution < -0.4 is 15.4 Å². The summed E-state index contributed by atoms with van der Waals surface area (Å²) in [4.78, 5) is 70.2. The Balaban J connectivity index is 2.03. The van der Waals surface area contributed by atoms with Gasteiger partial charge >= 0.3 is 23.9 Å². The first-order valence-electron chi connectivity index (χ1n) is 13.7. The second-order valence-electron chi connectivity index (χ2n) is 9.89. The van der Waals surface area contributed by atoms with E-state index in [9.17, 15) is 28.8 Å². The Morgan fingerprint density at radius 3 is 1.79 bits per heavy atom. The average molecular weight is 601 g/mol. The number of rotatable bonds is 19. The number of aliphatic carboxylic acids is 4. The molecule has 2 aromatic rings. The number of ether oxygens (including phenoxy) is 1. The zero-order chi connectivity index (χ0) is 31.9. The number of amides is 2. The van der Waals surface area contributed by atoms with E-state index in [1.165, 1.54) is 12.1 Å². The SMILES string of the molecule is CCCCCNC(=O)C(Cc1ccc(OC(C(=O)O)C(=O)O)cc1)NC(=O)CCc1ccc(CC(C(=O)O)C(=O)O)cc1. The molecule has 0 aromatic heterocycles. The summed E-state index contributed by atoms with van der Waals surface area (Å²) in [6.07, 6.45) is 0.897. The molecule has 0 heterocycles. The van der Waals surface area contributed by atoms with Crippen molar-refractivity contribution in [3.8, 4) is 5.75 Å². The highest BCUT2D eigenvalue weighted by Crippen LogP contribution is 2.16. The third-order valence-corrected chi connectivity index (χ3v) is 6.50. The fourth-order valence-corrected chi connectivity index (χ4v) is 4.08. The lowest BCUT2D eigenvalue weighted by molar-refractivity contribution is -0.159.